The highest BCUT2D eigenvalue weighted by molar-refractivity contribution is 7.99. The second-order valence-corrected chi connectivity index (χ2v) is 7.84. The van der Waals surface area contributed by atoms with E-state index in [0.29, 0.717) is 25.2 Å². The number of nitrogens with one attached hydrogen (secondary N) is 1. The first-order chi connectivity index (χ1) is 9.75. The first-order valence-electron chi connectivity index (χ1n) is 8.37. The van der Waals surface area contributed by atoms with Crippen molar-refractivity contribution in [2.75, 3.05) is 25.4 Å². The molecule has 4 atom stereocenters. The molecule has 0 aromatic carbocycles. The molecular weight excluding hydrogens is 270 g/mol. The van der Waals surface area contributed by atoms with Gasteiger partial charge in [0.25, 0.3) is 0 Å². The van der Waals surface area contributed by atoms with E-state index in [1.54, 1.807) is 0 Å². The molecule has 2 aliphatic rings. The first kappa shape index (κ1) is 16.6. The van der Waals surface area contributed by atoms with Gasteiger partial charge in [-0.15, -0.1) is 0 Å². The Hall–Kier alpha value is 0.230. The fourth-order valence-corrected chi connectivity index (χ4v) is 4.48. The molecule has 2 rings (SSSR count). The third-order valence-corrected chi connectivity index (χ3v) is 5.96. The summed E-state index contributed by atoms with van der Waals surface area (Å²) in [4.78, 5) is 0. The van der Waals surface area contributed by atoms with Crippen molar-refractivity contribution < 1.29 is 9.84 Å². The zero-order chi connectivity index (χ0) is 14.2. The molecule has 1 aliphatic heterocycles. The Labute approximate surface area is 128 Å². The fourth-order valence-electron chi connectivity index (χ4n) is 3.20. The van der Waals surface area contributed by atoms with Gasteiger partial charge in [-0.25, -0.2) is 0 Å². The van der Waals surface area contributed by atoms with Gasteiger partial charge in [-0.3, -0.25) is 0 Å². The van der Waals surface area contributed by atoms with Crippen molar-refractivity contribution >= 4 is 11.8 Å². The Morgan fingerprint density at radius 1 is 1.20 bits per heavy atom. The second-order valence-electron chi connectivity index (χ2n) is 6.43. The molecule has 3 nitrogen and oxygen atoms in total. The summed E-state index contributed by atoms with van der Waals surface area (Å²) in [6.45, 7) is 4.45. The van der Waals surface area contributed by atoms with Gasteiger partial charge in [-0.2, -0.15) is 11.8 Å². The molecule has 20 heavy (non-hydrogen) atoms. The third-order valence-electron chi connectivity index (χ3n) is 4.56. The van der Waals surface area contributed by atoms with Crippen molar-refractivity contribution in [3.8, 4) is 0 Å². The number of ether oxygens (including phenoxy) is 1. The van der Waals surface area contributed by atoms with Crippen molar-refractivity contribution in [3.63, 3.8) is 0 Å². The maximum absolute atomic E-state index is 10.0. The lowest BCUT2D eigenvalue weighted by Gasteiger charge is -2.29. The van der Waals surface area contributed by atoms with Crippen molar-refractivity contribution in [2.45, 2.75) is 69.3 Å². The van der Waals surface area contributed by atoms with E-state index in [4.69, 9.17) is 4.74 Å². The van der Waals surface area contributed by atoms with Crippen LogP contribution in [0.4, 0.5) is 0 Å². The molecule has 1 saturated heterocycles. The molecule has 0 aromatic rings. The van der Waals surface area contributed by atoms with Crippen molar-refractivity contribution in [3.05, 3.63) is 0 Å². The van der Waals surface area contributed by atoms with Gasteiger partial charge in [0.15, 0.2) is 0 Å². The number of aliphatic hydroxyl groups excluding tert-OH is 1. The topological polar surface area (TPSA) is 41.5 Å². The molecule has 0 aromatic heterocycles. The van der Waals surface area contributed by atoms with Crippen LogP contribution in [0.5, 0.6) is 0 Å². The summed E-state index contributed by atoms with van der Waals surface area (Å²) >= 11 is 2.08. The molecule has 4 unspecified atom stereocenters. The van der Waals surface area contributed by atoms with E-state index >= 15 is 0 Å². The van der Waals surface area contributed by atoms with Crippen LogP contribution >= 0.6 is 11.8 Å². The van der Waals surface area contributed by atoms with Gasteiger partial charge in [0.1, 0.15) is 0 Å². The number of hydrogen-bond acceptors (Lipinski definition) is 4. The van der Waals surface area contributed by atoms with E-state index in [9.17, 15) is 5.11 Å². The lowest BCUT2D eigenvalue weighted by atomic mass is 9.88. The summed E-state index contributed by atoms with van der Waals surface area (Å²) in [5.41, 5.74) is 0. The van der Waals surface area contributed by atoms with Gasteiger partial charge in [0, 0.05) is 18.3 Å². The molecule has 0 bridgehead atoms. The molecule has 1 saturated carbocycles. The van der Waals surface area contributed by atoms with Gasteiger partial charge in [-0.1, -0.05) is 26.2 Å². The van der Waals surface area contributed by atoms with Gasteiger partial charge >= 0.3 is 0 Å². The zero-order valence-corrected chi connectivity index (χ0v) is 13.7. The second kappa shape index (κ2) is 9.29. The SMILES string of the molecule is CC1CCCCC1OCC(O)CNCC1CCCCS1. The molecular formula is C16H31NO2S. The predicted molar refractivity (Wildman–Crippen MR) is 86.3 cm³/mol. The lowest BCUT2D eigenvalue weighted by Crippen LogP contribution is -2.37. The van der Waals surface area contributed by atoms with E-state index < -0.39 is 0 Å². The van der Waals surface area contributed by atoms with Crippen LogP contribution in [0.2, 0.25) is 0 Å². The first-order valence-corrected chi connectivity index (χ1v) is 9.42. The average molecular weight is 301 g/mol. The number of rotatable bonds is 7. The average Bonchev–Trinajstić information content (AvgIpc) is 2.47. The van der Waals surface area contributed by atoms with E-state index in [-0.39, 0.29) is 6.10 Å². The van der Waals surface area contributed by atoms with Crippen LogP contribution in [0.15, 0.2) is 0 Å². The molecule has 2 N–H and O–H groups in total. The Morgan fingerprint density at radius 3 is 2.75 bits per heavy atom. The molecule has 1 aliphatic carbocycles. The van der Waals surface area contributed by atoms with Crippen LogP contribution in [0.1, 0.15) is 51.9 Å². The largest absolute Gasteiger partial charge is 0.389 e. The van der Waals surface area contributed by atoms with E-state index in [2.05, 4.69) is 24.0 Å². The summed E-state index contributed by atoms with van der Waals surface area (Å²) < 4.78 is 5.90. The highest BCUT2D eigenvalue weighted by Gasteiger charge is 2.22. The van der Waals surface area contributed by atoms with Gasteiger partial charge in [0.05, 0.1) is 18.8 Å². The van der Waals surface area contributed by atoms with Gasteiger partial charge in [0.2, 0.25) is 0 Å². The summed E-state index contributed by atoms with van der Waals surface area (Å²) in [7, 11) is 0. The van der Waals surface area contributed by atoms with Crippen molar-refractivity contribution in [1.82, 2.24) is 5.32 Å². The monoisotopic (exact) mass is 301 g/mol. The zero-order valence-electron chi connectivity index (χ0n) is 12.9. The van der Waals surface area contributed by atoms with E-state index in [1.807, 2.05) is 0 Å². The van der Waals surface area contributed by atoms with E-state index in [1.165, 1.54) is 50.7 Å². The normalized spacial score (nSPS) is 33.0. The summed E-state index contributed by atoms with van der Waals surface area (Å²) in [6.07, 6.45) is 9.13. The Bertz CT molecular complexity index is 259. The molecule has 4 heteroatoms. The standard InChI is InChI=1S/C16H31NO2S/c1-13-6-2-3-8-16(13)19-12-14(18)10-17-11-15-7-4-5-9-20-15/h13-18H,2-12H2,1H3. The smallest absolute Gasteiger partial charge is 0.0897 e. The van der Waals surface area contributed by atoms with Crippen LogP contribution in [0, 0.1) is 5.92 Å². The van der Waals surface area contributed by atoms with Crippen LogP contribution < -0.4 is 5.32 Å². The minimum absolute atomic E-state index is 0.363. The maximum atomic E-state index is 10.0. The van der Waals surface area contributed by atoms with Crippen LogP contribution in [-0.2, 0) is 4.74 Å². The lowest BCUT2D eigenvalue weighted by molar-refractivity contribution is -0.0451. The van der Waals surface area contributed by atoms with Crippen molar-refractivity contribution in [2.24, 2.45) is 5.92 Å². The Morgan fingerprint density at radius 2 is 2.00 bits per heavy atom. The van der Waals surface area contributed by atoms with E-state index in [0.717, 1.165) is 11.8 Å². The number of aliphatic hydroxyl groups is 1. The Kier molecular flexibility index (Phi) is 7.71. The highest BCUT2D eigenvalue weighted by Crippen LogP contribution is 2.26. The third kappa shape index (κ3) is 5.92. The van der Waals surface area contributed by atoms with Crippen LogP contribution in [-0.4, -0.2) is 48.0 Å². The van der Waals surface area contributed by atoms with Gasteiger partial charge < -0.3 is 15.2 Å². The number of thioether (sulfide) groups is 1. The van der Waals surface area contributed by atoms with Crippen molar-refractivity contribution in [1.29, 1.82) is 0 Å². The molecule has 0 radical (unpaired) electrons. The van der Waals surface area contributed by atoms with Crippen LogP contribution in [0.25, 0.3) is 0 Å². The molecule has 1 heterocycles. The maximum Gasteiger partial charge on any atom is 0.0897 e. The number of hydrogen-bond donors (Lipinski definition) is 2. The molecule has 118 valence electrons. The molecule has 0 spiro atoms. The minimum atomic E-state index is -0.363. The molecule has 2 fully saturated rings. The highest BCUT2D eigenvalue weighted by atomic mass is 32.2. The fraction of sp³-hybridized carbons (Fsp3) is 1.00. The predicted octanol–water partition coefficient (Wildman–Crippen LogP) is 2.82. The van der Waals surface area contributed by atoms with Gasteiger partial charge in [-0.05, 0) is 37.4 Å². The summed E-state index contributed by atoms with van der Waals surface area (Å²) in [6, 6.07) is 0. The van der Waals surface area contributed by atoms with Crippen LogP contribution in [0.3, 0.4) is 0 Å². The minimum Gasteiger partial charge on any atom is -0.389 e. The summed E-state index contributed by atoms with van der Waals surface area (Å²) in [5.74, 6) is 1.96. The quantitative estimate of drug-likeness (QED) is 0.759. The Balaban J connectivity index is 1.52. The summed E-state index contributed by atoms with van der Waals surface area (Å²) in [5, 5.41) is 14.1. The molecule has 0 amide bonds.